The van der Waals surface area contributed by atoms with Crippen molar-refractivity contribution in [2.45, 2.75) is 22.6 Å². The molecule has 1 aliphatic heterocycles. The number of ether oxygens (including phenoxy) is 1. The van der Waals surface area contributed by atoms with E-state index in [4.69, 9.17) is 4.74 Å². The molecule has 0 aromatic heterocycles. The molecule has 1 heterocycles. The van der Waals surface area contributed by atoms with E-state index in [2.05, 4.69) is 4.72 Å². The number of rotatable bonds is 6. The van der Waals surface area contributed by atoms with Gasteiger partial charge >= 0.3 is 0 Å². The van der Waals surface area contributed by atoms with Crippen LogP contribution < -0.4 is 13.8 Å². The quantitative estimate of drug-likeness (QED) is 0.561. The van der Waals surface area contributed by atoms with Crippen molar-refractivity contribution in [2.24, 2.45) is 0 Å². The second-order valence-electron chi connectivity index (χ2n) is 7.38. The summed E-state index contributed by atoms with van der Waals surface area (Å²) in [6, 6.07) is 12.2. The summed E-state index contributed by atoms with van der Waals surface area (Å²) in [5.41, 5.74) is 1.14. The van der Waals surface area contributed by atoms with Crippen molar-refractivity contribution >= 4 is 31.4 Å². The Balaban J connectivity index is 1.72. The summed E-state index contributed by atoms with van der Waals surface area (Å²) in [7, 11) is -6.97. The van der Waals surface area contributed by atoms with Crippen molar-refractivity contribution in [1.82, 2.24) is 0 Å². The van der Waals surface area contributed by atoms with Gasteiger partial charge in [-0.15, -0.1) is 0 Å². The molecule has 0 radical (unpaired) electrons. The Kier molecular flexibility index (Phi) is 6.02. The molecule has 0 unspecified atom stereocenters. The van der Waals surface area contributed by atoms with E-state index < -0.39 is 36.6 Å². The van der Waals surface area contributed by atoms with Crippen molar-refractivity contribution in [2.75, 3.05) is 22.7 Å². The Morgan fingerprint density at radius 2 is 1.61 bits per heavy atom. The first kappa shape index (κ1) is 23.0. The zero-order valence-corrected chi connectivity index (χ0v) is 19.1. The van der Waals surface area contributed by atoms with Gasteiger partial charge in [0, 0.05) is 6.54 Å². The fraction of sp³-hybridized carbons (Fsp3) is 0.182. The highest BCUT2D eigenvalue weighted by Crippen LogP contribution is 2.35. The molecule has 0 fully saturated rings. The van der Waals surface area contributed by atoms with Crippen LogP contribution in [0, 0.1) is 11.6 Å². The van der Waals surface area contributed by atoms with Gasteiger partial charge in [-0.3, -0.25) is 9.03 Å². The molecule has 0 saturated heterocycles. The van der Waals surface area contributed by atoms with Crippen molar-refractivity contribution in [3.63, 3.8) is 0 Å². The highest BCUT2D eigenvalue weighted by molar-refractivity contribution is 7.93. The number of aryl methyl sites for hydroxylation is 1. The number of hydrogen-bond acceptors (Lipinski definition) is 5. The number of sulfonamides is 2. The molecule has 11 heteroatoms. The van der Waals surface area contributed by atoms with Crippen molar-refractivity contribution in [3.05, 3.63) is 77.9 Å². The highest BCUT2D eigenvalue weighted by Gasteiger charge is 2.30. The van der Waals surface area contributed by atoms with Gasteiger partial charge in [0.15, 0.2) is 0 Å². The second-order valence-corrected chi connectivity index (χ2v) is 10.9. The molecule has 0 atom stereocenters. The Bertz CT molecular complexity index is 1410. The first-order valence-corrected chi connectivity index (χ1v) is 12.8. The molecule has 0 aliphatic carbocycles. The lowest BCUT2D eigenvalue weighted by Crippen LogP contribution is -2.35. The third kappa shape index (κ3) is 4.51. The third-order valence-corrected chi connectivity index (χ3v) is 8.46. The standard InChI is InChI=1S/C22H20F2N2O5S2/c1-31-21-11-7-17(24)13-22(21)32(27,28)25-18-8-4-15-3-2-12-26(20(15)14-18)33(29,30)19-9-5-16(23)6-10-19/h4-11,13-14,25H,2-3,12H2,1H3. The van der Waals surface area contributed by atoms with Gasteiger partial charge in [0.05, 0.1) is 23.4 Å². The van der Waals surface area contributed by atoms with Crippen LogP contribution in [0.2, 0.25) is 0 Å². The number of halogens is 2. The molecular weight excluding hydrogens is 474 g/mol. The Morgan fingerprint density at radius 3 is 2.30 bits per heavy atom. The highest BCUT2D eigenvalue weighted by atomic mass is 32.2. The van der Waals surface area contributed by atoms with Gasteiger partial charge in [-0.25, -0.2) is 25.6 Å². The smallest absolute Gasteiger partial charge is 0.265 e. The van der Waals surface area contributed by atoms with Gasteiger partial charge in [0.25, 0.3) is 20.0 Å². The molecule has 33 heavy (non-hydrogen) atoms. The molecule has 3 aromatic rings. The maximum Gasteiger partial charge on any atom is 0.265 e. The average molecular weight is 495 g/mol. The maximum absolute atomic E-state index is 13.7. The lowest BCUT2D eigenvalue weighted by Gasteiger charge is -2.31. The van der Waals surface area contributed by atoms with E-state index >= 15 is 0 Å². The lowest BCUT2D eigenvalue weighted by molar-refractivity contribution is 0.401. The Labute approximate surface area is 190 Å². The summed E-state index contributed by atoms with van der Waals surface area (Å²) in [4.78, 5) is -0.467. The Morgan fingerprint density at radius 1 is 0.909 bits per heavy atom. The number of nitrogens with one attached hydrogen (secondary N) is 1. The van der Waals surface area contributed by atoms with E-state index in [1.807, 2.05) is 0 Å². The maximum atomic E-state index is 13.7. The number of fused-ring (bicyclic) bond motifs is 1. The van der Waals surface area contributed by atoms with E-state index in [1.165, 1.54) is 41.7 Å². The van der Waals surface area contributed by atoms with E-state index in [0.29, 0.717) is 18.5 Å². The molecular formula is C22H20F2N2O5S2. The van der Waals surface area contributed by atoms with Crippen molar-refractivity contribution < 1.29 is 30.4 Å². The van der Waals surface area contributed by atoms with Crippen molar-refractivity contribution in [1.29, 1.82) is 0 Å². The van der Waals surface area contributed by atoms with Crippen LogP contribution in [0.3, 0.4) is 0 Å². The van der Waals surface area contributed by atoms with Crippen LogP contribution in [0.15, 0.2) is 70.5 Å². The minimum atomic E-state index is -4.24. The summed E-state index contributed by atoms with van der Waals surface area (Å²) in [6.45, 7) is 0.181. The van der Waals surface area contributed by atoms with Crippen LogP contribution in [0.5, 0.6) is 5.75 Å². The largest absolute Gasteiger partial charge is 0.495 e. The Hall–Kier alpha value is -3.18. The fourth-order valence-corrected chi connectivity index (χ4v) is 6.42. The molecule has 0 amide bonds. The van der Waals surface area contributed by atoms with Gasteiger partial charge < -0.3 is 4.74 Å². The molecule has 0 saturated carbocycles. The van der Waals surface area contributed by atoms with Gasteiger partial charge in [-0.2, -0.15) is 0 Å². The predicted octanol–water partition coefficient (Wildman–Crippen LogP) is 3.92. The number of benzene rings is 3. The van der Waals surface area contributed by atoms with Crippen LogP contribution in [-0.4, -0.2) is 30.5 Å². The van der Waals surface area contributed by atoms with Gasteiger partial charge in [-0.1, -0.05) is 6.07 Å². The van der Waals surface area contributed by atoms with Crippen LogP contribution in [-0.2, 0) is 26.5 Å². The summed E-state index contributed by atoms with van der Waals surface area (Å²) < 4.78 is 87.8. The summed E-state index contributed by atoms with van der Waals surface area (Å²) in [5, 5.41) is 0. The molecule has 1 aliphatic rings. The van der Waals surface area contributed by atoms with E-state index in [1.54, 1.807) is 6.07 Å². The van der Waals surface area contributed by atoms with Crippen LogP contribution in [0.4, 0.5) is 20.2 Å². The number of hydrogen-bond donors (Lipinski definition) is 1. The fourth-order valence-electron chi connectivity index (χ4n) is 3.66. The summed E-state index contributed by atoms with van der Waals surface area (Å²) in [5.74, 6) is -1.35. The van der Waals surface area contributed by atoms with E-state index in [0.717, 1.165) is 29.8 Å². The monoisotopic (exact) mass is 494 g/mol. The topological polar surface area (TPSA) is 92.8 Å². The zero-order chi connectivity index (χ0) is 23.8. The van der Waals surface area contributed by atoms with Gasteiger partial charge in [0.1, 0.15) is 22.3 Å². The molecule has 4 rings (SSSR count). The van der Waals surface area contributed by atoms with Crippen LogP contribution in [0.25, 0.3) is 0 Å². The normalized spacial score (nSPS) is 14.0. The summed E-state index contributed by atoms with van der Waals surface area (Å²) in [6.07, 6.45) is 1.18. The van der Waals surface area contributed by atoms with Gasteiger partial charge in [-0.05, 0) is 73.0 Å². The average Bonchev–Trinajstić information content (AvgIpc) is 2.78. The molecule has 174 valence electrons. The van der Waals surface area contributed by atoms with E-state index in [9.17, 15) is 25.6 Å². The second kappa shape index (κ2) is 8.64. The van der Waals surface area contributed by atoms with Crippen LogP contribution >= 0.6 is 0 Å². The molecule has 0 spiro atoms. The molecule has 7 nitrogen and oxygen atoms in total. The predicted molar refractivity (Wildman–Crippen MR) is 119 cm³/mol. The van der Waals surface area contributed by atoms with Crippen LogP contribution in [0.1, 0.15) is 12.0 Å². The number of methoxy groups -OCH3 is 1. The minimum Gasteiger partial charge on any atom is -0.495 e. The van der Waals surface area contributed by atoms with Gasteiger partial charge in [0.2, 0.25) is 0 Å². The number of nitrogens with zero attached hydrogens (tertiary/aromatic N) is 1. The first-order chi connectivity index (χ1) is 15.6. The minimum absolute atomic E-state index is 0.0395. The SMILES string of the molecule is COc1ccc(F)cc1S(=O)(=O)Nc1ccc2c(c1)N(S(=O)(=O)c1ccc(F)cc1)CCC2. The molecule has 1 N–H and O–H groups in total. The lowest BCUT2D eigenvalue weighted by atomic mass is 10.0. The molecule has 0 bridgehead atoms. The number of anilines is 2. The first-order valence-electron chi connectivity index (χ1n) is 9.89. The molecule has 3 aromatic carbocycles. The van der Waals surface area contributed by atoms with Crippen molar-refractivity contribution in [3.8, 4) is 5.75 Å². The summed E-state index contributed by atoms with van der Waals surface area (Å²) >= 11 is 0. The van der Waals surface area contributed by atoms with E-state index in [-0.39, 0.29) is 22.9 Å². The third-order valence-electron chi connectivity index (χ3n) is 5.23. The zero-order valence-electron chi connectivity index (χ0n) is 17.5.